The highest BCUT2D eigenvalue weighted by molar-refractivity contribution is 6.06. The quantitative estimate of drug-likeness (QED) is 0.381. The highest BCUT2D eigenvalue weighted by Gasteiger charge is 2.11. The van der Waals surface area contributed by atoms with Gasteiger partial charge in [0, 0.05) is 5.56 Å². The number of hydrogen-bond donors (Lipinski definition) is 0. The van der Waals surface area contributed by atoms with Crippen molar-refractivity contribution < 1.29 is 36.6 Å². The average Bonchev–Trinajstić information content (AvgIpc) is 2.59. The normalized spacial score (nSPS) is 11.2. The first-order valence-electron chi connectivity index (χ1n) is 7.29. The van der Waals surface area contributed by atoms with Crippen molar-refractivity contribution in [2.45, 2.75) is 13.2 Å². The summed E-state index contributed by atoms with van der Waals surface area (Å²) in [6.07, 6.45) is 2.63. The Balaban J connectivity index is 2.12. The van der Waals surface area contributed by atoms with Gasteiger partial charge in [0.1, 0.15) is 5.75 Å². The van der Waals surface area contributed by atoms with Gasteiger partial charge >= 0.3 is 13.2 Å². The molecule has 0 aliphatic heterocycles. The van der Waals surface area contributed by atoms with E-state index < -0.39 is 19.0 Å². The van der Waals surface area contributed by atoms with E-state index >= 15 is 0 Å². The molecular weight excluding hydrogens is 356 g/mol. The average molecular weight is 370 g/mol. The Labute approximate surface area is 146 Å². The van der Waals surface area contributed by atoms with Crippen LogP contribution in [0, 0.1) is 0 Å². The first kappa shape index (κ1) is 19.3. The number of halogens is 4. The Morgan fingerprint density at radius 1 is 0.923 bits per heavy atom. The number of ether oxygens (including phenoxy) is 3. The lowest BCUT2D eigenvalue weighted by Gasteiger charge is -2.10. The molecule has 2 aromatic rings. The summed E-state index contributed by atoms with van der Waals surface area (Å²) >= 11 is 0. The number of allylic oxidation sites excluding steroid dienone is 1. The Hall–Kier alpha value is -3.03. The van der Waals surface area contributed by atoms with Crippen LogP contribution in [-0.2, 0) is 0 Å². The Bertz CT molecular complexity index is 773. The molecule has 0 aliphatic carbocycles. The first-order chi connectivity index (χ1) is 12.4. The van der Waals surface area contributed by atoms with Crippen LogP contribution >= 0.6 is 0 Å². The largest absolute Gasteiger partial charge is 0.493 e. The van der Waals surface area contributed by atoms with E-state index in [2.05, 4.69) is 9.47 Å². The van der Waals surface area contributed by atoms with Crippen molar-refractivity contribution in [2.75, 3.05) is 7.11 Å². The first-order valence-corrected chi connectivity index (χ1v) is 7.29. The van der Waals surface area contributed by atoms with Crippen molar-refractivity contribution in [3.8, 4) is 17.2 Å². The molecular formula is C18H14F4O4. The second-order valence-electron chi connectivity index (χ2n) is 4.89. The van der Waals surface area contributed by atoms with E-state index in [1.165, 1.54) is 55.7 Å². The number of carbonyl (C=O) groups excluding carboxylic acids is 1. The summed E-state index contributed by atoms with van der Waals surface area (Å²) in [5.41, 5.74) is 0.688. The van der Waals surface area contributed by atoms with Crippen LogP contribution < -0.4 is 14.2 Å². The zero-order chi connectivity index (χ0) is 19.1. The maximum absolute atomic E-state index is 12.4. The van der Waals surface area contributed by atoms with Gasteiger partial charge in [0.15, 0.2) is 17.3 Å². The third kappa shape index (κ3) is 5.51. The summed E-state index contributed by atoms with van der Waals surface area (Å²) in [4.78, 5) is 12.1. The van der Waals surface area contributed by atoms with Gasteiger partial charge in [-0.3, -0.25) is 4.79 Å². The van der Waals surface area contributed by atoms with Crippen LogP contribution in [0.3, 0.4) is 0 Å². The molecule has 0 saturated heterocycles. The smallest absolute Gasteiger partial charge is 0.387 e. The summed E-state index contributed by atoms with van der Waals surface area (Å²) in [5.74, 6) is -0.501. The maximum atomic E-state index is 12.4. The van der Waals surface area contributed by atoms with Gasteiger partial charge in [-0.1, -0.05) is 12.1 Å². The minimum Gasteiger partial charge on any atom is -0.493 e. The fraction of sp³-hybridized carbons (Fsp3) is 0.167. The molecule has 0 bridgehead atoms. The standard InChI is InChI=1S/C18H14F4O4/c1-24-15-9-3-11(10-16(15)26-18(21)22)2-8-14(23)12-4-6-13(7-5-12)25-17(19)20/h2-10,17-18H,1H3/b8-2+. The monoisotopic (exact) mass is 370 g/mol. The summed E-state index contributed by atoms with van der Waals surface area (Å²) in [6.45, 7) is -5.96. The zero-order valence-corrected chi connectivity index (χ0v) is 13.5. The Morgan fingerprint density at radius 3 is 2.15 bits per heavy atom. The van der Waals surface area contributed by atoms with Gasteiger partial charge < -0.3 is 14.2 Å². The molecule has 8 heteroatoms. The molecule has 0 heterocycles. The number of carbonyl (C=O) groups is 1. The predicted molar refractivity (Wildman–Crippen MR) is 86.1 cm³/mol. The van der Waals surface area contributed by atoms with E-state index in [4.69, 9.17) is 4.74 Å². The van der Waals surface area contributed by atoms with Crippen LogP contribution in [0.2, 0.25) is 0 Å². The third-order valence-corrected chi connectivity index (χ3v) is 3.19. The molecule has 4 nitrogen and oxygen atoms in total. The van der Waals surface area contributed by atoms with E-state index in [0.717, 1.165) is 0 Å². The highest BCUT2D eigenvalue weighted by atomic mass is 19.3. The maximum Gasteiger partial charge on any atom is 0.387 e. The molecule has 0 atom stereocenters. The minimum atomic E-state index is -3.02. The zero-order valence-electron chi connectivity index (χ0n) is 13.5. The number of alkyl halides is 4. The van der Waals surface area contributed by atoms with Crippen molar-refractivity contribution in [1.29, 1.82) is 0 Å². The van der Waals surface area contributed by atoms with Gasteiger partial charge in [-0.25, -0.2) is 0 Å². The van der Waals surface area contributed by atoms with Crippen molar-refractivity contribution >= 4 is 11.9 Å². The minimum absolute atomic E-state index is 0.0653. The van der Waals surface area contributed by atoms with Crippen molar-refractivity contribution in [2.24, 2.45) is 0 Å². The lowest BCUT2D eigenvalue weighted by atomic mass is 10.1. The lowest BCUT2D eigenvalue weighted by molar-refractivity contribution is -0.0514. The molecule has 0 aromatic heterocycles. The Kier molecular flexibility index (Phi) is 6.60. The van der Waals surface area contributed by atoms with Gasteiger partial charge in [0.05, 0.1) is 7.11 Å². The van der Waals surface area contributed by atoms with E-state index in [-0.39, 0.29) is 22.8 Å². The summed E-state index contributed by atoms with van der Waals surface area (Å²) in [6, 6.07) is 9.45. The van der Waals surface area contributed by atoms with Crippen LogP contribution in [0.5, 0.6) is 17.2 Å². The second-order valence-corrected chi connectivity index (χ2v) is 4.89. The van der Waals surface area contributed by atoms with Crippen LogP contribution in [-0.4, -0.2) is 26.1 Å². The molecule has 0 unspecified atom stereocenters. The van der Waals surface area contributed by atoms with Gasteiger partial charge in [-0.15, -0.1) is 0 Å². The number of hydrogen-bond acceptors (Lipinski definition) is 4. The molecule has 0 saturated carbocycles. The summed E-state index contributed by atoms with van der Waals surface area (Å²) in [7, 11) is 1.31. The van der Waals surface area contributed by atoms with E-state index in [9.17, 15) is 22.4 Å². The molecule has 2 aromatic carbocycles. The van der Waals surface area contributed by atoms with Gasteiger partial charge in [0.2, 0.25) is 0 Å². The van der Waals surface area contributed by atoms with Gasteiger partial charge in [0.25, 0.3) is 0 Å². The van der Waals surface area contributed by atoms with E-state index in [1.807, 2.05) is 0 Å². The lowest BCUT2D eigenvalue weighted by Crippen LogP contribution is -2.03. The van der Waals surface area contributed by atoms with Gasteiger partial charge in [-0.2, -0.15) is 17.6 Å². The number of rotatable bonds is 8. The molecule has 0 fully saturated rings. The second kappa shape index (κ2) is 8.89. The number of ketones is 1. The van der Waals surface area contributed by atoms with Crippen molar-refractivity contribution in [1.82, 2.24) is 0 Å². The molecule has 0 radical (unpaired) electrons. The van der Waals surface area contributed by atoms with E-state index in [1.54, 1.807) is 6.07 Å². The molecule has 0 amide bonds. The van der Waals surface area contributed by atoms with Gasteiger partial charge in [-0.05, 0) is 48.0 Å². The van der Waals surface area contributed by atoms with Crippen molar-refractivity contribution in [3.05, 3.63) is 59.7 Å². The Morgan fingerprint density at radius 2 is 1.58 bits per heavy atom. The SMILES string of the molecule is COc1ccc(/C=C/C(=O)c2ccc(OC(F)F)cc2)cc1OC(F)F. The van der Waals surface area contributed by atoms with Crippen LogP contribution in [0.25, 0.3) is 6.08 Å². The fourth-order valence-corrected chi connectivity index (χ4v) is 2.05. The molecule has 0 aliphatic rings. The number of methoxy groups -OCH3 is 1. The molecule has 138 valence electrons. The molecule has 2 rings (SSSR count). The molecule has 0 N–H and O–H groups in total. The molecule has 26 heavy (non-hydrogen) atoms. The fourth-order valence-electron chi connectivity index (χ4n) is 2.05. The number of benzene rings is 2. The highest BCUT2D eigenvalue weighted by Crippen LogP contribution is 2.30. The molecule has 0 spiro atoms. The topological polar surface area (TPSA) is 44.8 Å². The summed E-state index contributed by atoms with van der Waals surface area (Å²) < 4.78 is 62.5. The van der Waals surface area contributed by atoms with Crippen LogP contribution in [0.1, 0.15) is 15.9 Å². The summed E-state index contributed by atoms with van der Waals surface area (Å²) in [5, 5.41) is 0. The predicted octanol–water partition coefficient (Wildman–Crippen LogP) is 4.79. The van der Waals surface area contributed by atoms with E-state index in [0.29, 0.717) is 5.56 Å². The van der Waals surface area contributed by atoms with Crippen molar-refractivity contribution in [3.63, 3.8) is 0 Å². The van der Waals surface area contributed by atoms with Crippen LogP contribution in [0.15, 0.2) is 48.5 Å². The van der Waals surface area contributed by atoms with Crippen LogP contribution in [0.4, 0.5) is 17.6 Å². The third-order valence-electron chi connectivity index (χ3n) is 3.19.